The highest BCUT2D eigenvalue weighted by atomic mass is 35.5. The summed E-state index contributed by atoms with van der Waals surface area (Å²) >= 11 is 11.8. The van der Waals surface area contributed by atoms with Gasteiger partial charge in [-0.1, -0.05) is 30.1 Å². The average molecular weight is 351 g/mol. The Labute approximate surface area is 136 Å². The molecule has 21 heavy (non-hydrogen) atoms. The number of halogens is 2. The zero-order valence-electron chi connectivity index (χ0n) is 12.0. The highest BCUT2D eigenvalue weighted by molar-refractivity contribution is 7.89. The molecule has 1 N–H and O–H groups in total. The van der Waals surface area contributed by atoms with Gasteiger partial charge < -0.3 is 5.32 Å². The van der Waals surface area contributed by atoms with Crippen LogP contribution in [0.1, 0.15) is 19.8 Å². The molecule has 4 nitrogen and oxygen atoms in total. The fraction of sp³-hybridized carbons (Fsp3) is 0.571. The molecule has 1 aliphatic heterocycles. The van der Waals surface area contributed by atoms with E-state index in [2.05, 4.69) is 5.32 Å². The second-order valence-electron chi connectivity index (χ2n) is 5.25. The molecule has 0 amide bonds. The van der Waals surface area contributed by atoms with Crippen molar-refractivity contribution in [1.29, 1.82) is 0 Å². The fourth-order valence-electron chi connectivity index (χ4n) is 2.58. The first kappa shape index (κ1) is 17.0. The Morgan fingerprint density at radius 2 is 1.76 bits per heavy atom. The van der Waals surface area contributed by atoms with Crippen LogP contribution >= 0.6 is 23.2 Å². The van der Waals surface area contributed by atoms with Crippen LogP contribution in [0.15, 0.2) is 23.1 Å². The highest BCUT2D eigenvalue weighted by Crippen LogP contribution is 2.26. The van der Waals surface area contributed by atoms with Gasteiger partial charge in [0.2, 0.25) is 10.0 Å². The lowest BCUT2D eigenvalue weighted by atomic mass is 9.98. The molecule has 0 unspecified atom stereocenters. The summed E-state index contributed by atoms with van der Waals surface area (Å²) in [7, 11) is -3.55. The van der Waals surface area contributed by atoms with Gasteiger partial charge in [0.05, 0.1) is 4.90 Å². The molecule has 2 rings (SSSR count). The second-order valence-corrected chi connectivity index (χ2v) is 8.07. The monoisotopic (exact) mass is 350 g/mol. The zero-order valence-corrected chi connectivity index (χ0v) is 14.3. The zero-order chi connectivity index (χ0) is 15.5. The third kappa shape index (κ3) is 4.33. The van der Waals surface area contributed by atoms with Gasteiger partial charge in [0.15, 0.2) is 0 Å². The number of hydrogen-bond acceptors (Lipinski definition) is 3. The lowest BCUT2D eigenvalue weighted by Crippen LogP contribution is -2.39. The highest BCUT2D eigenvalue weighted by Gasteiger charge is 2.27. The Kier molecular flexibility index (Phi) is 5.91. The van der Waals surface area contributed by atoms with Gasteiger partial charge in [0, 0.05) is 23.1 Å². The maximum atomic E-state index is 12.7. The number of nitrogens with one attached hydrogen (secondary N) is 1. The molecular weight excluding hydrogens is 331 g/mol. The van der Waals surface area contributed by atoms with Crippen molar-refractivity contribution in [2.24, 2.45) is 5.92 Å². The normalized spacial score (nSPS) is 17.3. The molecule has 1 aliphatic rings. The van der Waals surface area contributed by atoms with Crippen LogP contribution in [0, 0.1) is 5.92 Å². The van der Waals surface area contributed by atoms with Crippen LogP contribution in [-0.2, 0) is 10.0 Å². The molecule has 1 aromatic rings. The molecule has 0 atom stereocenters. The van der Waals surface area contributed by atoms with E-state index in [1.165, 1.54) is 22.5 Å². The molecule has 0 spiro atoms. The molecule has 0 aliphatic carbocycles. The van der Waals surface area contributed by atoms with Crippen molar-refractivity contribution in [3.63, 3.8) is 0 Å². The second kappa shape index (κ2) is 7.29. The summed E-state index contributed by atoms with van der Waals surface area (Å²) in [5.74, 6) is 0.399. The molecule has 0 aromatic heterocycles. The van der Waals surface area contributed by atoms with Crippen LogP contribution in [-0.4, -0.2) is 38.9 Å². The van der Waals surface area contributed by atoms with Crippen molar-refractivity contribution in [1.82, 2.24) is 9.62 Å². The molecule has 0 radical (unpaired) electrons. The van der Waals surface area contributed by atoms with Gasteiger partial charge in [-0.05, 0) is 50.0 Å². The van der Waals surface area contributed by atoms with E-state index in [4.69, 9.17) is 23.2 Å². The quantitative estimate of drug-likeness (QED) is 0.887. The number of sulfonamides is 1. The standard InChI is InChI=1S/C14H20Cl2N2O2S/c1-2-18(10-11-3-5-17-6-4-11)21(19,20)14-8-12(15)7-13(16)9-14/h7-9,11,17H,2-6,10H2,1H3. The van der Waals surface area contributed by atoms with Gasteiger partial charge in [0.1, 0.15) is 0 Å². The van der Waals surface area contributed by atoms with Gasteiger partial charge in [0.25, 0.3) is 0 Å². The minimum Gasteiger partial charge on any atom is -0.317 e. The Hall–Kier alpha value is -0.330. The lowest BCUT2D eigenvalue weighted by Gasteiger charge is -2.29. The van der Waals surface area contributed by atoms with Gasteiger partial charge in [-0.2, -0.15) is 4.31 Å². The smallest absolute Gasteiger partial charge is 0.243 e. The molecule has 1 saturated heterocycles. The van der Waals surface area contributed by atoms with Crippen LogP contribution < -0.4 is 5.32 Å². The van der Waals surface area contributed by atoms with Crippen molar-refractivity contribution in [2.45, 2.75) is 24.7 Å². The third-order valence-electron chi connectivity index (χ3n) is 3.75. The molecule has 0 bridgehead atoms. The van der Waals surface area contributed by atoms with E-state index in [1.54, 1.807) is 0 Å². The number of nitrogens with zero attached hydrogens (tertiary/aromatic N) is 1. The summed E-state index contributed by atoms with van der Waals surface area (Å²) in [4.78, 5) is 0.163. The summed E-state index contributed by atoms with van der Waals surface area (Å²) < 4.78 is 27.0. The van der Waals surface area contributed by atoms with E-state index < -0.39 is 10.0 Å². The predicted octanol–water partition coefficient (Wildman–Crippen LogP) is 3.00. The Morgan fingerprint density at radius 1 is 1.19 bits per heavy atom. The Balaban J connectivity index is 2.22. The van der Waals surface area contributed by atoms with Crippen molar-refractivity contribution in [3.05, 3.63) is 28.2 Å². The SMILES string of the molecule is CCN(CC1CCNCC1)S(=O)(=O)c1cc(Cl)cc(Cl)c1. The van der Waals surface area contributed by atoms with E-state index in [0.29, 0.717) is 29.1 Å². The van der Waals surface area contributed by atoms with Gasteiger partial charge in [-0.25, -0.2) is 8.42 Å². The summed E-state index contributed by atoms with van der Waals surface area (Å²) in [5, 5.41) is 3.95. The number of piperidine rings is 1. The van der Waals surface area contributed by atoms with E-state index >= 15 is 0 Å². The van der Waals surface area contributed by atoms with Crippen LogP contribution in [0.4, 0.5) is 0 Å². The van der Waals surface area contributed by atoms with E-state index in [-0.39, 0.29) is 4.90 Å². The molecular formula is C14H20Cl2N2O2S. The predicted molar refractivity (Wildman–Crippen MR) is 86.5 cm³/mol. The number of benzene rings is 1. The molecule has 118 valence electrons. The minimum atomic E-state index is -3.55. The largest absolute Gasteiger partial charge is 0.317 e. The molecule has 1 aromatic carbocycles. The molecule has 1 heterocycles. The summed E-state index contributed by atoms with van der Waals surface area (Å²) in [6, 6.07) is 4.44. The number of hydrogen-bond donors (Lipinski definition) is 1. The fourth-order valence-corrected chi connectivity index (χ4v) is 4.83. The van der Waals surface area contributed by atoms with Crippen LogP contribution in [0.5, 0.6) is 0 Å². The summed E-state index contributed by atoms with van der Waals surface area (Å²) in [6.45, 7) is 4.74. The van der Waals surface area contributed by atoms with Gasteiger partial charge in [-0.3, -0.25) is 0 Å². The average Bonchev–Trinajstić information content (AvgIpc) is 2.44. The van der Waals surface area contributed by atoms with Crippen LogP contribution in [0.2, 0.25) is 10.0 Å². The van der Waals surface area contributed by atoms with Crippen molar-refractivity contribution in [2.75, 3.05) is 26.2 Å². The van der Waals surface area contributed by atoms with Gasteiger partial charge in [-0.15, -0.1) is 0 Å². The van der Waals surface area contributed by atoms with Crippen LogP contribution in [0.3, 0.4) is 0 Å². The number of rotatable bonds is 5. The van der Waals surface area contributed by atoms with E-state index in [9.17, 15) is 8.42 Å². The third-order valence-corrected chi connectivity index (χ3v) is 6.10. The molecule has 7 heteroatoms. The molecule has 1 fully saturated rings. The van der Waals surface area contributed by atoms with Crippen molar-refractivity contribution >= 4 is 33.2 Å². The van der Waals surface area contributed by atoms with E-state index in [0.717, 1.165) is 25.9 Å². The maximum absolute atomic E-state index is 12.7. The van der Waals surface area contributed by atoms with Crippen LogP contribution in [0.25, 0.3) is 0 Å². The van der Waals surface area contributed by atoms with E-state index in [1.807, 2.05) is 6.92 Å². The summed E-state index contributed by atoms with van der Waals surface area (Å²) in [5.41, 5.74) is 0. The van der Waals surface area contributed by atoms with Crippen molar-refractivity contribution in [3.8, 4) is 0 Å². The summed E-state index contributed by atoms with van der Waals surface area (Å²) in [6.07, 6.45) is 2.00. The van der Waals surface area contributed by atoms with Crippen molar-refractivity contribution < 1.29 is 8.42 Å². The topological polar surface area (TPSA) is 49.4 Å². The first-order valence-electron chi connectivity index (χ1n) is 7.10. The Morgan fingerprint density at radius 3 is 2.29 bits per heavy atom. The minimum absolute atomic E-state index is 0.163. The lowest BCUT2D eigenvalue weighted by molar-refractivity contribution is 0.294. The first-order chi connectivity index (χ1) is 9.93. The molecule has 0 saturated carbocycles. The Bertz CT molecular complexity index is 566. The maximum Gasteiger partial charge on any atom is 0.243 e. The first-order valence-corrected chi connectivity index (χ1v) is 9.30. The van der Waals surface area contributed by atoms with Gasteiger partial charge >= 0.3 is 0 Å².